The summed E-state index contributed by atoms with van der Waals surface area (Å²) in [6.45, 7) is 7.94. The van der Waals surface area contributed by atoms with Crippen LogP contribution >= 0.6 is 0 Å². The summed E-state index contributed by atoms with van der Waals surface area (Å²) in [5.74, 6) is -2.32. The molecule has 6 rings (SSSR count). The third kappa shape index (κ3) is 6.98. The number of aromatic nitrogens is 1. The number of benzene rings is 3. The lowest BCUT2D eigenvalue weighted by Gasteiger charge is -2.34. The van der Waals surface area contributed by atoms with Crippen molar-refractivity contribution in [2.24, 2.45) is 0 Å². The van der Waals surface area contributed by atoms with Crippen molar-refractivity contribution >= 4 is 11.9 Å². The SMILES string of the molecule is CCOC(=O)C[C@@H]1NC(=O)[C@@H](n2cc(CCN3CC(F)C3)cc(C)c2=O)c2cc(ccc2F)Oc2cccc(C)c2-c2cc(C)c(F)c1c2. The van der Waals surface area contributed by atoms with Gasteiger partial charge in [-0.2, -0.15) is 0 Å². The van der Waals surface area contributed by atoms with Crippen LogP contribution in [0.25, 0.3) is 11.1 Å². The molecule has 0 spiro atoms. The number of aryl methyl sites for hydroxylation is 3. The number of ether oxygens (including phenoxy) is 2. The molecule has 4 aromatic rings. The maximum Gasteiger partial charge on any atom is 0.308 e. The van der Waals surface area contributed by atoms with E-state index in [1.54, 1.807) is 51.1 Å². The minimum absolute atomic E-state index is 0.0220. The van der Waals surface area contributed by atoms with E-state index in [2.05, 4.69) is 5.32 Å². The standard InChI is InChI=1S/C38H38F3N3O5/c1-5-48-33(45)17-31-29-15-25(14-22(3)35(29)41)34-21(2)7-6-8-32(34)49-27-9-10-30(40)28(16-27)36(37(46)42-31)44-18-24(13-23(4)38(44)47)11-12-43-19-26(39)20-43/h6-10,13-16,18,26,31,36H,5,11-12,17,19-20H2,1-4H3,(H,42,46)/t31-,36-/m0/s1. The fourth-order valence-electron chi connectivity index (χ4n) is 6.63. The van der Waals surface area contributed by atoms with Gasteiger partial charge in [-0.1, -0.05) is 12.1 Å². The van der Waals surface area contributed by atoms with Crippen molar-refractivity contribution in [3.63, 3.8) is 0 Å². The lowest BCUT2D eigenvalue weighted by molar-refractivity contribution is -0.143. The number of carbonyl (C=O) groups is 2. The van der Waals surface area contributed by atoms with Gasteiger partial charge in [0.25, 0.3) is 5.56 Å². The van der Waals surface area contributed by atoms with Crippen molar-refractivity contribution in [2.75, 3.05) is 26.2 Å². The Morgan fingerprint density at radius 3 is 2.49 bits per heavy atom. The first-order valence-corrected chi connectivity index (χ1v) is 16.3. The van der Waals surface area contributed by atoms with E-state index in [0.717, 1.165) is 10.1 Å². The zero-order chi connectivity index (χ0) is 35.0. The number of amides is 1. The van der Waals surface area contributed by atoms with Gasteiger partial charge in [0, 0.05) is 48.1 Å². The number of nitrogens with zero attached hydrogens (tertiary/aromatic N) is 2. The van der Waals surface area contributed by atoms with Crippen LogP contribution in [0, 0.1) is 32.4 Å². The van der Waals surface area contributed by atoms with E-state index in [-0.39, 0.29) is 29.0 Å². The second-order valence-corrected chi connectivity index (χ2v) is 12.8. The number of fused-ring (bicyclic) bond motifs is 6. The number of hydrogen-bond donors (Lipinski definition) is 1. The summed E-state index contributed by atoms with van der Waals surface area (Å²) in [5.41, 5.74) is 2.63. The molecule has 1 aromatic heterocycles. The van der Waals surface area contributed by atoms with Crippen molar-refractivity contribution in [3.05, 3.63) is 116 Å². The fraction of sp³-hybridized carbons (Fsp3) is 0.342. The van der Waals surface area contributed by atoms with Gasteiger partial charge < -0.3 is 14.8 Å². The predicted molar refractivity (Wildman–Crippen MR) is 179 cm³/mol. The number of carbonyl (C=O) groups excluding carboxylic acids is 2. The summed E-state index contributed by atoms with van der Waals surface area (Å²) in [6.07, 6.45) is 0.657. The highest BCUT2D eigenvalue weighted by atomic mass is 19.1. The summed E-state index contributed by atoms with van der Waals surface area (Å²) < 4.78 is 58.2. The van der Waals surface area contributed by atoms with E-state index in [4.69, 9.17) is 9.47 Å². The molecular weight excluding hydrogens is 635 g/mol. The van der Waals surface area contributed by atoms with Crippen LogP contribution in [0.3, 0.4) is 0 Å². The highest BCUT2D eigenvalue weighted by molar-refractivity contribution is 5.85. The molecule has 3 heterocycles. The number of halogens is 3. The van der Waals surface area contributed by atoms with Gasteiger partial charge in [-0.3, -0.25) is 23.9 Å². The molecule has 256 valence electrons. The molecule has 2 atom stereocenters. The summed E-state index contributed by atoms with van der Waals surface area (Å²) in [7, 11) is 0. The Balaban J connectivity index is 1.56. The van der Waals surface area contributed by atoms with Crippen LogP contribution in [0.15, 0.2) is 65.6 Å². The van der Waals surface area contributed by atoms with Gasteiger partial charge >= 0.3 is 5.97 Å². The van der Waals surface area contributed by atoms with Crippen LogP contribution in [0.5, 0.6) is 11.5 Å². The van der Waals surface area contributed by atoms with Crippen molar-refractivity contribution in [1.29, 1.82) is 0 Å². The van der Waals surface area contributed by atoms with Gasteiger partial charge in [0.1, 0.15) is 35.3 Å². The molecule has 2 aliphatic heterocycles. The van der Waals surface area contributed by atoms with Crippen LogP contribution in [-0.2, 0) is 20.7 Å². The summed E-state index contributed by atoms with van der Waals surface area (Å²) in [5, 5.41) is 2.79. The fourth-order valence-corrected chi connectivity index (χ4v) is 6.63. The number of likely N-dealkylation sites (tertiary alicyclic amines) is 1. The third-order valence-corrected chi connectivity index (χ3v) is 9.10. The average Bonchev–Trinajstić information content (AvgIpc) is 3.03. The topological polar surface area (TPSA) is 89.9 Å². The lowest BCUT2D eigenvalue weighted by Crippen LogP contribution is -2.49. The molecule has 1 fully saturated rings. The molecule has 2 aliphatic rings. The van der Waals surface area contributed by atoms with E-state index < -0.39 is 53.7 Å². The molecule has 1 N–H and O–H groups in total. The molecule has 3 aromatic carbocycles. The van der Waals surface area contributed by atoms with Crippen molar-refractivity contribution in [2.45, 2.75) is 58.8 Å². The highest BCUT2D eigenvalue weighted by Gasteiger charge is 2.33. The van der Waals surface area contributed by atoms with Crippen LogP contribution in [0.2, 0.25) is 0 Å². The normalized spacial score (nSPS) is 17.8. The smallest absolute Gasteiger partial charge is 0.308 e. The van der Waals surface area contributed by atoms with Crippen molar-refractivity contribution in [3.8, 4) is 22.6 Å². The average molecular weight is 674 g/mol. The molecule has 0 radical (unpaired) electrons. The van der Waals surface area contributed by atoms with Gasteiger partial charge in [0.2, 0.25) is 5.91 Å². The van der Waals surface area contributed by atoms with Gasteiger partial charge in [-0.15, -0.1) is 0 Å². The van der Waals surface area contributed by atoms with E-state index in [1.165, 1.54) is 24.4 Å². The number of rotatable bonds is 7. The quantitative estimate of drug-likeness (QED) is 0.228. The van der Waals surface area contributed by atoms with E-state index in [0.29, 0.717) is 54.1 Å². The molecule has 0 saturated carbocycles. The largest absolute Gasteiger partial charge is 0.466 e. The second kappa shape index (κ2) is 13.9. The molecule has 0 unspecified atom stereocenters. The molecule has 49 heavy (non-hydrogen) atoms. The Morgan fingerprint density at radius 1 is 0.980 bits per heavy atom. The number of hydrogen-bond acceptors (Lipinski definition) is 6. The predicted octanol–water partition coefficient (Wildman–Crippen LogP) is 6.42. The third-order valence-electron chi connectivity index (χ3n) is 9.10. The minimum Gasteiger partial charge on any atom is -0.466 e. The van der Waals surface area contributed by atoms with Gasteiger partial charge in [-0.25, -0.2) is 13.2 Å². The monoisotopic (exact) mass is 673 g/mol. The maximum absolute atomic E-state index is 16.1. The molecule has 4 bridgehead atoms. The van der Waals surface area contributed by atoms with Crippen LogP contribution in [-0.4, -0.2) is 53.8 Å². The zero-order valence-corrected chi connectivity index (χ0v) is 27.8. The summed E-state index contributed by atoms with van der Waals surface area (Å²) in [4.78, 5) is 43.1. The number of nitrogens with one attached hydrogen (secondary N) is 1. The van der Waals surface area contributed by atoms with Crippen LogP contribution in [0.4, 0.5) is 13.2 Å². The van der Waals surface area contributed by atoms with Crippen LogP contribution in [0.1, 0.15) is 58.8 Å². The number of esters is 1. The van der Waals surface area contributed by atoms with Gasteiger partial charge in [0.05, 0.1) is 19.1 Å². The van der Waals surface area contributed by atoms with E-state index >= 15 is 8.78 Å². The Bertz CT molecular complexity index is 1990. The second-order valence-electron chi connectivity index (χ2n) is 12.8. The minimum atomic E-state index is -1.58. The Hall–Kier alpha value is -4.90. The zero-order valence-electron chi connectivity index (χ0n) is 27.8. The maximum atomic E-state index is 16.1. The summed E-state index contributed by atoms with van der Waals surface area (Å²) >= 11 is 0. The lowest BCUT2D eigenvalue weighted by atomic mass is 9.92. The van der Waals surface area contributed by atoms with Crippen molar-refractivity contribution < 1.29 is 32.2 Å². The Morgan fingerprint density at radius 2 is 1.76 bits per heavy atom. The molecule has 0 aliphatic carbocycles. The first-order valence-electron chi connectivity index (χ1n) is 16.3. The van der Waals surface area contributed by atoms with Crippen LogP contribution < -0.4 is 15.6 Å². The molecule has 8 nitrogen and oxygen atoms in total. The van der Waals surface area contributed by atoms with E-state index in [9.17, 15) is 18.8 Å². The van der Waals surface area contributed by atoms with Crippen molar-refractivity contribution in [1.82, 2.24) is 14.8 Å². The first-order chi connectivity index (χ1) is 23.4. The highest BCUT2D eigenvalue weighted by Crippen LogP contribution is 2.40. The van der Waals surface area contributed by atoms with E-state index in [1.807, 2.05) is 17.9 Å². The number of pyridine rings is 1. The number of alkyl halides is 1. The van der Waals surface area contributed by atoms with Gasteiger partial charge in [0.15, 0.2) is 0 Å². The molecular formula is C38H38F3N3O5. The Kier molecular flexibility index (Phi) is 9.65. The Labute approximate surface area is 282 Å². The molecule has 1 saturated heterocycles. The first kappa shape index (κ1) is 34.0. The summed E-state index contributed by atoms with van der Waals surface area (Å²) in [6, 6.07) is 11.5. The molecule has 1 amide bonds. The molecule has 11 heteroatoms. The van der Waals surface area contributed by atoms with Gasteiger partial charge in [-0.05, 0) is 98.8 Å².